The molecule has 16 heavy (non-hydrogen) atoms. The van der Waals surface area contributed by atoms with Gasteiger partial charge < -0.3 is 10.6 Å². The minimum Gasteiger partial charge on any atom is -0.342 e. The summed E-state index contributed by atoms with van der Waals surface area (Å²) in [6.45, 7) is 1.73. The van der Waals surface area contributed by atoms with Crippen LogP contribution in [-0.2, 0) is 4.79 Å². The van der Waals surface area contributed by atoms with Gasteiger partial charge in [0.05, 0.1) is 5.25 Å². The summed E-state index contributed by atoms with van der Waals surface area (Å²) in [5.74, 6) is 3.65. The number of likely N-dealkylation sites (tertiary alicyclic amines) is 1. The largest absolute Gasteiger partial charge is 0.342 e. The number of hydrogen-bond acceptors (Lipinski definition) is 4. The molecule has 0 saturated carbocycles. The van der Waals surface area contributed by atoms with E-state index >= 15 is 0 Å². The van der Waals surface area contributed by atoms with Crippen molar-refractivity contribution >= 4 is 41.8 Å². The highest BCUT2D eigenvalue weighted by Gasteiger charge is 2.28. The van der Waals surface area contributed by atoms with Crippen molar-refractivity contribution in [1.82, 2.24) is 4.90 Å². The molecule has 1 amide bonds. The molecule has 0 aromatic heterocycles. The van der Waals surface area contributed by atoms with Gasteiger partial charge in [0, 0.05) is 36.4 Å². The van der Waals surface area contributed by atoms with Gasteiger partial charge >= 0.3 is 0 Å². The van der Waals surface area contributed by atoms with E-state index < -0.39 is 0 Å². The number of halogens is 1. The van der Waals surface area contributed by atoms with Crippen LogP contribution in [0.1, 0.15) is 12.8 Å². The third-order valence-electron chi connectivity index (χ3n) is 2.94. The van der Waals surface area contributed by atoms with Crippen LogP contribution in [0.25, 0.3) is 0 Å². The van der Waals surface area contributed by atoms with Crippen LogP contribution < -0.4 is 5.73 Å². The summed E-state index contributed by atoms with van der Waals surface area (Å²) in [6, 6.07) is 0.308. The smallest absolute Gasteiger partial charge is 0.236 e. The molecule has 0 spiro atoms. The van der Waals surface area contributed by atoms with Gasteiger partial charge in [0.2, 0.25) is 5.91 Å². The van der Waals surface area contributed by atoms with Gasteiger partial charge in [-0.25, -0.2) is 0 Å². The van der Waals surface area contributed by atoms with E-state index in [1.165, 1.54) is 5.75 Å². The maximum absolute atomic E-state index is 12.1. The molecule has 94 valence electrons. The average Bonchev–Trinajstić information content (AvgIpc) is 2.30. The van der Waals surface area contributed by atoms with Crippen LogP contribution in [0.5, 0.6) is 0 Å². The maximum atomic E-state index is 12.1. The van der Waals surface area contributed by atoms with E-state index in [4.69, 9.17) is 5.73 Å². The number of piperidine rings is 1. The third kappa shape index (κ3) is 3.72. The van der Waals surface area contributed by atoms with E-state index in [0.29, 0.717) is 11.9 Å². The van der Waals surface area contributed by atoms with E-state index in [1.807, 2.05) is 28.4 Å². The first-order chi connectivity index (χ1) is 7.27. The second-order valence-electron chi connectivity index (χ2n) is 4.10. The molecule has 0 aliphatic carbocycles. The van der Waals surface area contributed by atoms with Gasteiger partial charge in [-0.05, 0) is 12.8 Å². The number of hydrogen-bond donors (Lipinski definition) is 1. The summed E-state index contributed by atoms with van der Waals surface area (Å²) in [5.41, 5.74) is 5.83. The summed E-state index contributed by atoms with van der Waals surface area (Å²) in [5, 5.41) is 0.207. The SMILES string of the molecule is Cl.NC1CCN(C(=O)C2CSCCS2)CC1. The molecule has 1 unspecified atom stereocenters. The molecule has 0 bridgehead atoms. The van der Waals surface area contributed by atoms with Crippen LogP contribution in [0.15, 0.2) is 0 Å². The lowest BCUT2D eigenvalue weighted by molar-refractivity contribution is -0.131. The normalized spacial score (nSPS) is 27.3. The number of carbonyl (C=O) groups is 1. The quantitative estimate of drug-likeness (QED) is 0.785. The van der Waals surface area contributed by atoms with Gasteiger partial charge in [-0.2, -0.15) is 11.8 Å². The van der Waals surface area contributed by atoms with Crippen molar-refractivity contribution in [1.29, 1.82) is 0 Å². The standard InChI is InChI=1S/C10H18N2OS2.ClH/c11-8-1-3-12(4-2-8)10(13)9-7-14-5-6-15-9;/h8-9H,1-7,11H2;1H. The van der Waals surface area contributed by atoms with Crippen LogP contribution >= 0.6 is 35.9 Å². The molecule has 0 radical (unpaired) electrons. The highest BCUT2D eigenvalue weighted by Crippen LogP contribution is 2.26. The summed E-state index contributed by atoms with van der Waals surface area (Å²) >= 11 is 3.73. The Morgan fingerprint density at radius 3 is 2.50 bits per heavy atom. The Bertz CT molecular complexity index is 229. The average molecular weight is 283 g/mol. The summed E-state index contributed by atoms with van der Waals surface area (Å²) < 4.78 is 0. The first kappa shape index (κ1) is 14.5. The zero-order valence-corrected chi connectivity index (χ0v) is 11.7. The number of carbonyl (C=O) groups excluding carboxylic acids is 1. The lowest BCUT2D eigenvalue weighted by atomic mass is 10.1. The predicted molar refractivity (Wildman–Crippen MR) is 74.6 cm³/mol. The zero-order chi connectivity index (χ0) is 10.7. The summed E-state index contributed by atoms with van der Waals surface area (Å²) in [7, 11) is 0. The Balaban J connectivity index is 0.00000128. The lowest BCUT2D eigenvalue weighted by Gasteiger charge is -2.33. The number of nitrogens with two attached hydrogens (primary N) is 1. The molecule has 2 rings (SSSR count). The van der Waals surface area contributed by atoms with Crippen LogP contribution in [0.4, 0.5) is 0 Å². The molecule has 2 aliphatic rings. The van der Waals surface area contributed by atoms with E-state index in [2.05, 4.69) is 0 Å². The van der Waals surface area contributed by atoms with E-state index in [-0.39, 0.29) is 17.7 Å². The van der Waals surface area contributed by atoms with Gasteiger partial charge in [0.15, 0.2) is 0 Å². The fraction of sp³-hybridized carbons (Fsp3) is 0.900. The second kappa shape index (κ2) is 6.99. The lowest BCUT2D eigenvalue weighted by Crippen LogP contribution is -2.47. The highest BCUT2D eigenvalue weighted by atomic mass is 35.5. The molecule has 2 fully saturated rings. The molecule has 2 heterocycles. The van der Waals surface area contributed by atoms with Gasteiger partial charge in [0.25, 0.3) is 0 Å². The zero-order valence-electron chi connectivity index (χ0n) is 9.26. The number of nitrogens with zero attached hydrogens (tertiary/aromatic N) is 1. The molecule has 3 nitrogen and oxygen atoms in total. The fourth-order valence-corrected chi connectivity index (χ4v) is 4.58. The van der Waals surface area contributed by atoms with Crippen molar-refractivity contribution in [2.75, 3.05) is 30.3 Å². The minimum absolute atomic E-state index is 0. The van der Waals surface area contributed by atoms with Gasteiger partial charge in [-0.1, -0.05) is 0 Å². The van der Waals surface area contributed by atoms with Crippen molar-refractivity contribution in [2.24, 2.45) is 5.73 Å². The second-order valence-corrected chi connectivity index (χ2v) is 6.56. The third-order valence-corrected chi connectivity index (χ3v) is 5.68. The van der Waals surface area contributed by atoms with Crippen molar-refractivity contribution in [3.8, 4) is 0 Å². The predicted octanol–water partition coefficient (Wildman–Crippen LogP) is 1.21. The van der Waals surface area contributed by atoms with Crippen LogP contribution in [0.2, 0.25) is 0 Å². The summed E-state index contributed by atoms with van der Waals surface area (Å²) in [6.07, 6.45) is 1.94. The van der Waals surface area contributed by atoms with E-state index in [1.54, 1.807) is 0 Å². The Morgan fingerprint density at radius 1 is 1.25 bits per heavy atom. The van der Waals surface area contributed by atoms with E-state index in [9.17, 15) is 4.79 Å². The Kier molecular flexibility index (Phi) is 6.32. The molecular formula is C10H19ClN2OS2. The Labute approximate surface area is 112 Å². The highest BCUT2D eigenvalue weighted by molar-refractivity contribution is 8.07. The topological polar surface area (TPSA) is 46.3 Å². The number of rotatable bonds is 1. The first-order valence-corrected chi connectivity index (χ1v) is 7.71. The molecular weight excluding hydrogens is 264 g/mol. The molecule has 6 heteroatoms. The van der Waals surface area contributed by atoms with Crippen molar-refractivity contribution < 1.29 is 4.79 Å². The van der Waals surface area contributed by atoms with Crippen molar-refractivity contribution in [3.05, 3.63) is 0 Å². The molecule has 0 aromatic carbocycles. The molecule has 2 N–H and O–H groups in total. The van der Waals surface area contributed by atoms with Crippen LogP contribution in [-0.4, -0.2) is 52.4 Å². The Hall–Kier alpha value is 0.420. The monoisotopic (exact) mass is 282 g/mol. The van der Waals surface area contributed by atoms with E-state index in [0.717, 1.165) is 37.4 Å². The van der Waals surface area contributed by atoms with Gasteiger partial charge in [-0.15, -0.1) is 24.2 Å². The molecule has 2 saturated heterocycles. The summed E-state index contributed by atoms with van der Waals surface area (Å²) in [4.78, 5) is 14.1. The van der Waals surface area contributed by atoms with Gasteiger partial charge in [-0.3, -0.25) is 4.79 Å². The first-order valence-electron chi connectivity index (χ1n) is 5.51. The van der Waals surface area contributed by atoms with Crippen molar-refractivity contribution in [3.63, 3.8) is 0 Å². The number of amides is 1. The van der Waals surface area contributed by atoms with Crippen LogP contribution in [0, 0.1) is 0 Å². The minimum atomic E-state index is 0. The fourth-order valence-electron chi connectivity index (χ4n) is 1.95. The number of thioether (sulfide) groups is 2. The van der Waals surface area contributed by atoms with Crippen molar-refractivity contribution in [2.45, 2.75) is 24.1 Å². The van der Waals surface area contributed by atoms with Gasteiger partial charge in [0.1, 0.15) is 0 Å². The molecule has 1 atom stereocenters. The maximum Gasteiger partial charge on any atom is 0.236 e. The molecule has 0 aromatic rings. The molecule has 2 aliphatic heterocycles. The van der Waals surface area contributed by atoms with Crippen LogP contribution in [0.3, 0.4) is 0 Å². The Morgan fingerprint density at radius 2 is 1.94 bits per heavy atom.